The van der Waals surface area contributed by atoms with E-state index in [1.807, 2.05) is 31.2 Å². The first-order valence-electron chi connectivity index (χ1n) is 13.6. The normalized spacial score (nSPS) is 16.0. The first kappa shape index (κ1) is 28.7. The second kappa shape index (κ2) is 12.7. The number of sulfonamides is 1. The smallest absolute Gasteiger partial charge is 0.242 e. The third kappa shape index (κ3) is 7.65. The number of nitrogens with zero attached hydrogens (tertiary/aromatic N) is 2. The molecule has 1 aliphatic carbocycles. The Morgan fingerprint density at radius 1 is 1.03 bits per heavy atom. The van der Waals surface area contributed by atoms with E-state index < -0.39 is 16.1 Å². The van der Waals surface area contributed by atoms with Gasteiger partial charge in [0.05, 0.1) is 11.9 Å². The molecule has 2 aromatic carbocycles. The molecule has 1 fully saturated rings. The van der Waals surface area contributed by atoms with E-state index in [0.717, 1.165) is 43.1 Å². The third-order valence-electron chi connectivity index (χ3n) is 7.39. The van der Waals surface area contributed by atoms with Crippen LogP contribution in [-0.2, 0) is 26.2 Å². The van der Waals surface area contributed by atoms with Gasteiger partial charge in [-0.15, -0.1) is 0 Å². The van der Waals surface area contributed by atoms with Crippen molar-refractivity contribution in [1.82, 2.24) is 10.2 Å². The maximum absolute atomic E-state index is 13.5. The first-order valence-corrected chi connectivity index (χ1v) is 15.5. The van der Waals surface area contributed by atoms with E-state index >= 15 is 0 Å². The van der Waals surface area contributed by atoms with Crippen molar-refractivity contribution in [3.8, 4) is 11.5 Å². The Kier molecular flexibility index (Phi) is 9.37. The lowest BCUT2D eigenvalue weighted by molar-refractivity contribution is -0.141. The fourth-order valence-electron chi connectivity index (χ4n) is 5.09. The summed E-state index contributed by atoms with van der Waals surface area (Å²) >= 11 is 0. The van der Waals surface area contributed by atoms with Crippen LogP contribution in [0.3, 0.4) is 0 Å². The Labute approximate surface area is 231 Å². The summed E-state index contributed by atoms with van der Waals surface area (Å²) in [4.78, 5) is 28.3. The summed E-state index contributed by atoms with van der Waals surface area (Å²) in [5, 5.41) is 3.14. The van der Waals surface area contributed by atoms with Crippen molar-refractivity contribution < 1.29 is 27.5 Å². The average molecular weight is 558 g/mol. The number of fused-ring (bicyclic) bond motifs is 1. The van der Waals surface area contributed by atoms with Crippen LogP contribution >= 0.6 is 0 Å². The van der Waals surface area contributed by atoms with Gasteiger partial charge in [0, 0.05) is 31.6 Å². The van der Waals surface area contributed by atoms with Crippen molar-refractivity contribution in [3.63, 3.8) is 0 Å². The van der Waals surface area contributed by atoms with Crippen LogP contribution in [0.15, 0.2) is 42.5 Å². The summed E-state index contributed by atoms with van der Waals surface area (Å²) in [7, 11) is -3.60. The van der Waals surface area contributed by atoms with Crippen molar-refractivity contribution in [3.05, 3.63) is 53.6 Å². The van der Waals surface area contributed by atoms with Crippen LogP contribution in [0.5, 0.6) is 11.5 Å². The quantitative estimate of drug-likeness (QED) is 0.445. The lowest BCUT2D eigenvalue weighted by Gasteiger charge is -2.31. The lowest BCUT2D eigenvalue weighted by atomic mass is 9.95. The number of carbonyl (C=O) groups excluding carboxylic acids is 2. The minimum absolute atomic E-state index is 0.0927. The van der Waals surface area contributed by atoms with Crippen LogP contribution in [0.2, 0.25) is 0 Å². The SMILES string of the molecule is Cc1ccc(CN(C(=O)CCCN(c2ccc3c(c2)OCO3)S(C)(=O)=O)[C@H](C)C(=O)NC2CCCCC2)cc1. The number of ether oxygens (including phenoxy) is 2. The molecule has 212 valence electrons. The highest BCUT2D eigenvalue weighted by molar-refractivity contribution is 7.92. The van der Waals surface area contributed by atoms with Gasteiger partial charge in [-0.1, -0.05) is 49.1 Å². The number of hydrogen-bond acceptors (Lipinski definition) is 6. The van der Waals surface area contributed by atoms with E-state index in [1.54, 1.807) is 30.0 Å². The second-order valence-electron chi connectivity index (χ2n) is 10.5. The molecule has 4 rings (SSSR count). The van der Waals surface area contributed by atoms with Crippen molar-refractivity contribution in [2.24, 2.45) is 0 Å². The van der Waals surface area contributed by atoms with E-state index in [-0.39, 0.29) is 37.6 Å². The lowest BCUT2D eigenvalue weighted by Crippen LogP contribution is -2.50. The summed E-state index contributed by atoms with van der Waals surface area (Å²) in [5.41, 5.74) is 2.50. The number of amides is 2. The molecule has 9 nitrogen and oxygen atoms in total. The minimum atomic E-state index is -3.60. The molecule has 1 aliphatic heterocycles. The van der Waals surface area contributed by atoms with Crippen LogP contribution in [0, 0.1) is 6.92 Å². The van der Waals surface area contributed by atoms with Crippen LogP contribution in [0.1, 0.15) is 63.0 Å². The summed E-state index contributed by atoms with van der Waals surface area (Å²) in [6, 6.07) is 12.4. The van der Waals surface area contributed by atoms with Gasteiger partial charge >= 0.3 is 0 Å². The molecule has 1 saturated carbocycles. The molecule has 2 aromatic rings. The zero-order chi connectivity index (χ0) is 28.0. The Hall–Kier alpha value is -3.27. The Balaban J connectivity index is 1.44. The van der Waals surface area contributed by atoms with E-state index in [4.69, 9.17) is 9.47 Å². The molecule has 1 heterocycles. The van der Waals surface area contributed by atoms with E-state index in [0.29, 0.717) is 30.2 Å². The monoisotopic (exact) mass is 557 g/mol. The van der Waals surface area contributed by atoms with Crippen LogP contribution < -0.4 is 19.1 Å². The van der Waals surface area contributed by atoms with Gasteiger partial charge in [-0.25, -0.2) is 8.42 Å². The van der Waals surface area contributed by atoms with Gasteiger partial charge in [0.15, 0.2) is 11.5 Å². The largest absolute Gasteiger partial charge is 0.454 e. The van der Waals surface area contributed by atoms with Gasteiger partial charge in [0.1, 0.15) is 6.04 Å². The second-order valence-corrected chi connectivity index (χ2v) is 12.4. The third-order valence-corrected chi connectivity index (χ3v) is 8.58. The van der Waals surface area contributed by atoms with Gasteiger partial charge in [-0.3, -0.25) is 13.9 Å². The summed E-state index contributed by atoms with van der Waals surface area (Å²) in [6.07, 6.45) is 6.86. The van der Waals surface area contributed by atoms with Crippen molar-refractivity contribution >= 4 is 27.5 Å². The maximum atomic E-state index is 13.5. The van der Waals surface area contributed by atoms with Gasteiger partial charge < -0.3 is 19.7 Å². The molecule has 0 bridgehead atoms. The fourth-order valence-corrected chi connectivity index (χ4v) is 6.04. The predicted molar refractivity (Wildman–Crippen MR) is 150 cm³/mol. The zero-order valence-corrected chi connectivity index (χ0v) is 23.8. The summed E-state index contributed by atoms with van der Waals surface area (Å²) in [6.45, 7) is 4.28. The molecule has 0 unspecified atom stereocenters. The van der Waals surface area contributed by atoms with Crippen LogP contribution in [-0.4, -0.2) is 56.8 Å². The van der Waals surface area contributed by atoms with Crippen molar-refractivity contribution in [2.45, 2.75) is 77.4 Å². The van der Waals surface area contributed by atoms with Crippen molar-refractivity contribution in [1.29, 1.82) is 0 Å². The predicted octanol–water partition coefficient (Wildman–Crippen LogP) is 4.14. The molecule has 0 saturated heterocycles. The Morgan fingerprint density at radius 3 is 2.41 bits per heavy atom. The highest BCUT2D eigenvalue weighted by Gasteiger charge is 2.28. The number of carbonyl (C=O) groups is 2. The fraction of sp³-hybridized carbons (Fsp3) is 0.517. The molecule has 0 radical (unpaired) electrons. The average Bonchev–Trinajstić information content (AvgIpc) is 3.38. The number of benzene rings is 2. The highest BCUT2D eigenvalue weighted by Crippen LogP contribution is 2.36. The molecule has 0 aromatic heterocycles. The molecule has 39 heavy (non-hydrogen) atoms. The Bertz CT molecular complexity index is 1260. The topological polar surface area (TPSA) is 105 Å². The zero-order valence-electron chi connectivity index (χ0n) is 23.0. The molecular weight excluding hydrogens is 518 g/mol. The van der Waals surface area contributed by atoms with E-state index in [9.17, 15) is 18.0 Å². The van der Waals surface area contributed by atoms with Gasteiger partial charge in [0.2, 0.25) is 28.6 Å². The molecule has 2 aliphatic rings. The first-order chi connectivity index (χ1) is 18.6. The highest BCUT2D eigenvalue weighted by atomic mass is 32.2. The summed E-state index contributed by atoms with van der Waals surface area (Å²) < 4.78 is 37.2. The minimum Gasteiger partial charge on any atom is -0.454 e. The number of anilines is 1. The van der Waals surface area contributed by atoms with Gasteiger partial charge in [0.25, 0.3) is 0 Å². The van der Waals surface area contributed by atoms with E-state index in [1.165, 1.54) is 10.7 Å². The Morgan fingerprint density at radius 2 is 1.72 bits per heavy atom. The van der Waals surface area contributed by atoms with E-state index in [2.05, 4.69) is 5.32 Å². The molecule has 0 spiro atoms. The number of aryl methyl sites for hydroxylation is 1. The summed E-state index contributed by atoms with van der Waals surface area (Å²) in [5.74, 6) is 0.704. The number of nitrogens with one attached hydrogen (secondary N) is 1. The van der Waals surface area contributed by atoms with Crippen LogP contribution in [0.4, 0.5) is 5.69 Å². The van der Waals surface area contributed by atoms with Gasteiger partial charge in [-0.2, -0.15) is 0 Å². The molecule has 2 amide bonds. The van der Waals surface area contributed by atoms with Gasteiger partial charge in [-0.05, 0) is 50.8 Å². The molecular formula is C29H39N3O6S. The molecule has 10 heteroatoms. The molecule has 1 atom stereocenters. The maximum Gasteiger partial charge on any atom is 0.242 e. The van der Waals surface area contributed by atoms with Crippen molar-refractivity contribution in [2.75, 3.05) is 23.9 Å². The number of hydrogen-bond donors (Lipinski definition) is 1. The molecule has 1 N–H and O–H groups in total. The number of rotatable bonds is 11. The standard InChI is InChI=1S/C29H39N3O6S/c1-21-11-13-23(14-12-21)19-31(22(2)29(34)30-24-8-5-4-6-9-24)28(33)10-7-17-32(39(3,35)36)25-15-16-26-27(18-25)38-20-37-26/h11-16,18,22,24H,4-10,17,19-20H2,1-3H3,(H,30,34)/t22-/m1/s1. The van der Waals surface area contributed by atoms with Crippen LogP contribution in [0.25, 0.3) is 0 Å².